The predicted molar refractivity (Wildman–Crippen MR) is 241 cm³/mol. The molecular weight excluding hydrogens is 709 g/mol. The average molecular weight is 741 g/mol. The van der Waals surface area contributed by atoms with E-state index in [4.69, 9.17) is 8.83 Å². The van der Waals surface area contributed by atoms with Crippen LogP contribution in [0.2, 0.25) is 0 Å². The summed E-state index contributed by atoms with van der Waals surface area (Å²) < 4.78 is 17.4. The van der Waals surface area contributed by atoms with Gasteiger partial charge >= 0.3 is 0 Å². The molecule has 0 fully saturated rings. The van der Waals surface area contributed by atoms with E-state index in [-0.39, 0.29) is 0 Å². The molecule has 4 aromatic heterocycles. The van der Waals surface area contributed by atoms with E-state index in [1.165, 1.54) is 54.8 Å². The van der Waals surface area contributed by atoms with Crippen molar-refractivity contribution in [1.82, 2.24) is 9.13 Å². The van der Waals surface area contributed by atoms with Crippen molar-refractivity contribution in [2.75, 3.05) is 0 Å². The Hall–Kier alpha value is -7.82. The molecule has 13 rings (SSSR count). The molecular formula is C54H32N2O2. The minimum atomic E-state index is 0.877. The zero-order valence-corrected chi connectivity index (χ0v) is 31.2. The Labute approximate surface area is 332 Å². The van der Waals surface area contributed by atoms with E-state index in [2.05, 4.69) is 191 Å². The highest BCUT2D eigenvalue weighted by molar-refractivity contribution is 6.14. The van der Waals surface area contributed by atoms with Crippen molar-refractivity contribution in [3.63, 3.8) is 0 Å². The van der Waals surface area contributed by atoms with E-state index >= 15 is 0 Å². The molecule has 0 atom stereocenters. The second-order valence-corrected chi connectivity index (χ2v) is 15.3. The summed E-state index contributed by atoms with van der Waals surface area (Å²) in [5.74, 6) is 0. The molecule has 58 heavy (non-hydrogen) atoms. The third kappa shape index (κ3) is 4.51. The Morgan fingerprint density at radius 2 is 0.638 bits per heavy atom. The molecule has 270 valence electrons. The summed E-state index contributed by atoms with van der Waals surface area (Å²) in [7, 11) is 0. The molecule has 0 aliphatic carbocycles. The summed E-state index contributed by atoms with van der Waals surface area (Å²) in [6, 6.07) is 69.7. The molecule has 0 unspecified atom stereocenters. The van der Waals surface area contributed by atoms with Gasteiger partial charge in [0.25, 0.3) is 0 Å². The Morgan fingerprint density at radius 1 is 0.241 bits per heavy atom. The largest absolute Gasteiger partial charge is 0.456 e. The Morgan fingerprint density at radius 3 is 1.24 bits per heavy atom. The van der Waals surface area contributed by atoms with Crippen LogP contribution in [0.1, 0.15) is 0 Å². The second-order valence-electron chi connectivity index (χ2n) is 15.3. The Balaban J connectivity index is 0.945. The zero-order chi connectivity index (χ0) is 37.9. The van der Waals surface area contributed by atoms with Crippen LogP contribution < -0.4 is 0 Å². The van der Waals surface area contributed by atoms with Crippen LogP contribution in [-0.4, -0.2) is 9.13 Å². The van der Waals surface area contributed by atoms with Gasteiger partial charge in [0.05, 0.1) is 22.1 Å². The topological polar surface area (TPSA) is 36.1 Å². The van der Waals surface area contributed by atoms with Gasteiger partial charge in [0, 0.05) is 54.5 Å². The summed E-state index contributed by atoms with van der Waals surface area (Å²) >= 11 is 0. The van der Waals surface area contributed by atoms with Gasteiger partial charge in [-0.15, -0.1) is 0 Å². The number of fused-ring (bicyclic) bond motifs is 12. The first kappa shape index (κ1) is 31.4. The first-order valence-corrected chi connectivity index (χ1v) is 19.7. The maximum Gasteiger partial charge on any atom is 0.135 e. The van der Waals surface area contributed by atoms with Crippen LogP contribution in [0.4, 0.5) is 0 Å². The molecule has 0 saturated carbocycles. The van der Waals surface area contributed by atoms with Gasteiger partial charge in [-0.2, -0.15) is 0 Å². The molecule has 0 aliphatic heterocycles. The van der Waals surface area contributed by atoms with Crippen LogP contribution >= 0.6 is 0 Å². The fraction of sp³-hybridized carbons (Fsp3) is 0. The van der Waals surface area contributed by atoms with Crippen LogP contribution in [0, 0.1) is 0 Å². The maximum atomic E-state index is 6.47. The van der Waals surface area contributed by atoms with Crippen molar-refractivity contribution in [3.8, 4) is 33.6 Å². The molecule has 9 aromatic carbocycles. The average Bonchev–Trinajstić information content (AvgIpc) is 4.03. The van der Waals surface area contributed by atoms with Crippen molar-refractivity contribution in [3.05, 3.63) is 194 Å². The highest BCUT2D eigenvalue weighted by Crippen LogP contribution is 2.40. The summed E-state index contributed by atoms with van der Waals surface area (Å²) in [5, 5.41) is 9.39. The summed E-state index contributed by atoms with van der Waals surface area (Å²) in [6.45, 7) is 0. The molecule has 0 spiro atoms. The highest BCUT2D eigenvalue weighted by Gasteiger charge is 2.18. The number of furan rings is 2. The van der Waals surface area contributed by atoms with Gasteiger partial charge in [0.2, 0.25) is 0 Å². The number of aromatic nitrogens is 2. The summed E-state index contributed by atoms with van der Waals surface area (Å²) in [6.07, 6.45) is 0. The number of para-hydroxylation sites is 4. The fourth-order valence-electron chi connectivity index (χ4n) is 9.43. The SMILES string of the molecule is c1ccc(-n2c3ccccc3c3cc(-c4ccc5oc6ccc(-n7c8ccccc8c8cc(-c9ccc%10oc%11ccccc%11c%10c9)ccc87)cc6c5c4)ccc32)cc1. The van der Waals surface area contributed by atoms with E-state index < -0.39 is 0 Å². The molecule has 0 radical (unpaired) electrons. The lowest BCUT2D eigenvalue weighted by Gasteiger charge is -2.09. The monoisotopic (exact) mass is 740 g/mol. The van der Waals surface area contributed by atoms with E-state index in [1.807, 2.05) is 12.1 Å². The van der Waals surface area contributed by atoms with Gasteiger partial charge in [-0.3, -0.25) is 0 Å². The number of benzene rings is 9. The van der Waals surface area contributed by atoms with Gasteiger partial charge in [0.15, 0.2) is 0 Å². The molecule has 0 amide bonds. The van der Waals surface area contributed by atoms with Crippen LogP contribution in [0.15, 0.2) is 203 Å². The molecule has 4 nitrogen and oxygen atoms in total. The van der Waals surface area contributed by atoms with E-state index in [1.54, 1.807) is 0 Å². The minimum absolute atomic E-state index is 0.877. The van der Waals surface area contributed by atoms with E-state index in [0.29, 0.717) is 0 Å². The third-order valence-electron chi connectivity index (χ3n) is 12.1. The van der Waals surface area contributed by atoms with Crippen molar-refractivity contribution in [2.45, 2.75) is 0 Å². The highest BCUT2D eigenvalue weighted by atomic mass is 16.3. The lowest BCUT2D eigenvalue weighted by molar-refractivity contribution is 0.668. The lowest BCUT2D eigenvalue weighted by Crippen LogP contribution is -1.93. The smallest absolute Gasteiger partial charge is 0.135 e. The first-order chi connectivity index (χ1) is 28.7. The Bertz CT molecular complexity index is 3800. The number of hydrogen-bond acceptors (Lipinski definition) is 2. The third-order valence-corrected chi connectivity index (χ3v) is 12.1. The van der Waals surface area contributed by atoms with Gasteiger partial charge < -0.3 is 18.0 Å². The maximum absolute atomic E-state index is 6.47. The van der Waals surface area contributed by atoms with Crippen LogP contribution in [0.3, 0.4) is 0 Å². The van der Waals surface area contributed by atoms with E-state index in [0.717, 1.165) is 66.3 Å². The number of nitrogens with zero attached hydrogens (tertiary/aromatic N) is 2. The molecule has 0 bridgehead atoms. The van der Waals surface area contributed by atoms with Crippen molar-refractivity contribution in [1.29, 1.82) is 0 Å². The van der Waals surface area contributed by atoms with Crippen LogP contribution in [0.5, 0.6) is 0 Å². The molecule has 4 heteroatoms. The van der Waals surface area contributed by atoms with Crippen LogP contribution in [-0.2, 0) is 0 Å². The standard InChI is InChI=1S/C54H32N2O2/c1-2-10-37(11-3-1)55-47-15-7-4-12-39(47)42-28-34(18-23-49(42)55)36-21-26-53-45(31-36)46-32-38(22-27-54(46)58-53)56-48-16-8-5-13-40(48)43-29-33(19-24-50(43)56)35-20-25-52-44(30-35)41-14-6-9-17-51(41)57-52/h1-32H. The van der Waals surface area contributed by atoms with Crippen molar-refractivity contribution in [2.24, 2.45) is 0 Å². The molecule has 0 saturated heterocycles. The molecule has 0 N–H and O–H groups in total. The Kier molecular flexibility index (Phi) is 6.41. The van der Waals surface area contributed by atoms with Crippen molar-refractivity contribution < 1.29 is 8.83 Å². The number of rotatable bonds is 4. The summed E-state index contributed by atoms with van der Waals surface area (Å²) in [5.41, 5.74) is 15.2. The van der Waals surface area contributed by atoms with Crippen molar-refractivity contribution >= 4 is 87.5 Å². The van der Waals surface area contributed by atoms with Gasteiger partial charge in [-0.1, -0.05) is 97.1 Å². The quantitative estimate of drug-likeness (QED) is 0.180. The predicted octanol–water partition coefficient (Wildman–Crippen LogP) is 15.0. The zero-order valence-electron chi connectivity index (χ0n) is 31.2. The molecule has 13 aromatic rings. The van der Waals surface area contributed by atoms with Gasteiger partial charge in [-0.05, 0) is 119 Å². The van der Waals surface area contributed by atoms with Gasteiger partial charge in [0.1, 0.15) is 22.3 Å². The van der Waals surface area contributed by atoms with Crippen LogP contribution in [0.25, 0.3) is 121 Å². The fourth-order valence-corrected chi connectivity index (χ4v) is 9.43. The van der Waals surface area contributed by atoms with E-state index in [9.17, 15) is 0 Å². The number of hydrogen-bond donors (Lipinski definition) is 0. The normalized spacial score (nSPS) is 12.1. The second kappa shape index (κ2) is 11.8. The first-order valence-electron chi connectivity index (χ1n) is 19.7. The minimum Gasteiger partial charge on any atom is -0.456 e. The van der Waals surface area contributed by atoms with Gasteiger partial charge in [-0.25, -0.2) is 0 Å². The summed E-state index contributed by atoms with van der Waals surface area (Å²) in [4.78, 5) is 0. The lowest BCUT2D eigenvalue weighted by atomic mass is 10.0. The molecule has 4 heterocycles. The molecule has 0 aliphatic rings.